The second-order valence-electron chi connectivity index (χ2n) is 4.40. The zero-order valence-corrected chi connectivity index (χ0v) is 9.89. The molecule has 2 nitrogen and oxygen atoms in total. The summed E-state index contributed by atoms with van der Waals surface area (Å²) >= 11 is 0. The van der Waals surface area contributed by atoms with Crippen LogP contribution in [-0.2, 0) is 6.42 Å². The topological polar surface area (TPSA) is 32.9 Å². The van der Waals surface area contributed by atoms with Gasteiger partial charge in [-0.2, -0.15) is 0 Å². The molecule has 0 saturated heterocycles. The Morgan fingerprint density at radius 3 is 2.61 bits per heavy atom. The Labute approximate surface area is 105 Å². The number of rotatable bonds is 3. The number of hydrogen-bond acceptors (Lipinski definition) is 1. The number of nitrogens with one attached hydrogen (secondary N) is 1. The molecule has 1 heterocycles. The van der Waals surface area contributed by atoms with Gasteiger partial charge in [0, 0.05) is 22.7 Å². The number of hydrogen-bond donors (Lipinski definition) is 1. The van der Waals surface area contributed by atoms with Crippen LogP contribution in [0.3, 0.4) is 0 Å². The Morgan fingerprint density at radius 2 is 1.83 bits per heavy atom. The van der Waals surface area contributed by atoms with Crippen molar-refractivity contribution < 1.29 is 4.79 Å². The van der Waals surface area contributed by atoms with E-state index < -0.39 is 0 Å². The standard InChI is InChI=1S/C16H13NO/c18-11-14-10-17-16-9-13(6-7-15(14)16)8-12-4-2-1-3-5-12/h1-7,9-11,17H,8H2. The van der Waals surface area contributed by atoms with Gasteiger partial charge in [0.25, 0.3) is 0 Å². The molecule has 3 aromatic rings. The van der Waals surface area contributed by atoms with Gasteiger partial charge in [-0.3, -0.25) is 4.79 Å². The Hall–Kier alpha value is -2.35. The Kier molecular flexibility index (Phi) is 2.69. The van der Waals surface area contributed by atoms with Crippen molar-refractivity contribution in [2.24, 2.45) is 0 Å². The number of aromatic nitrogens is 1. The third-order valence-corrected chi connectivity index (χ3v) is 3.16. The van der Waals surface area contributed by atoms with Crippen LogP contribution in [0.25, 0.3) is 10.9 Å². The first-order chi connectivity index (χ1) is 8.86. The summed E-state index contributed by atoms with van der Waals surface area (Å²) in [6.45, 7) is 0. The molecule has 0 radical (unpaired) electrons. The zero-order valence-electron chi connectivity index (χ0n) is 9.89. The predicted octanol–water partition coefficient (Wildman–Crippen LogP) is 3.57. The van der Waals surface area contributed by atoms with Gasteiger partial charge >= 0.3 is 0 Å². The lowest BCUT2D eigenvalue weighted by atomic mass is 10.0. The molecule has 0 aliphatic carbocycles. The molecule has 2 aromatic carbocycles. The van der Waals surface area contributed by atoms with Crippen molar-refractivity contribution in [2.75, 3.05) is 0 Å². The average Bonchev–Trinajstić information content (AvgIpc) is 2.82. The fourth-order valence-electron chi connectivity index (χ4n) is 2.23. The minimum absolute atomic E-state index is 0.719. The first kappa shape index (κ1) is 10.8. The minimum Gasteiger partial charge on any atom is -0.360 e. The van der Waals surface area contributed by atoms with Gasteiger partial charge in [-0.25, -0.2) is 0 Å². The largest absolute Gasteiger partial charge is 0.360 e. The number of aldehydes is 1. The number of aromatic amines is 1. The second-order valence-corrected chi connectivity index (χ2v) is 4.40. The lowest BCUT2D eigenvalue weighted by Gasteiger charge is -2.02. The van der Waals surface area contributed by atoms with Crippen molar-refractivity contribution >= 4 is 17.2 Å². The third-order valence-electron chi connectivity index (χ3n) is 3.16. The van der Waals surface area contributed by atoms with Crippen molar-refractivity contribution in [3.8, 4) is 0 Å². The van der Waals surface area contributed by atoms with Crippen LogP contribution in [0.15, 0.2) is 54.7 Å². The van der Waals surface area contributed by atoms with Crippen LogP contribution in [0.5, 0.6) is 0 Å². The van der Waals surface area contributed by atoms with Crippen molar-refractivity contribution in [2.45, 2.75) is 6.42 Å². The maximum absolute atomic E-state index is 10.8. The van der Waals surface area contributed by atoms with E-state index in [2.05, 4.69) is 29.2 Å². The fraction of sp³-hybridized carbons (Fsp3) is 0.0625. The number of benzene rings is 2. The Balaban J connectivity index is 1.97. The molecule has 0 fully saturated rings. The summed E-state index contributed by atoms with van der Waals surface area (Å²) in [4.78, 5) is 14.0. The molecule has 0 amide bonds. The van der Waals surface area contributed by atoms with E-state index in [1.807, 2.05) is 24.3 Å². The van der Waals surface area contributed by atoms with Crippen molar-refractivity contribution in [1.82, 2.24) is 4.98 Å². The normalized spacial score (nSPS) is 10.7. The molecule has 0 atom stereocenters. The highest BCUT2D eigenvalue weighted by Crippen LogP contribution is 2.20. The molecule has 0 spiro atoms. The van der Waals surface area contributed by atoms with E-state index in [9.17, 15) is 4.79 Å². The summed E-state index contributed by atoms with van der Waals surface area (Å²) in [5, 5.41) is 0.988. The van der Waals surface area contributed by atoms with Crippen LogP contribution >= 0.6 is 0 Å². The van der Waals surface area contributed by atoms with Gasteiger partial charge in [0.2, 0.25) is 0 Å². The highest BCUT2D eigenvalue weighted by atomic mass is 16.1. The van der Waals surface area contributed by atoms with Crippen LogP contribution < -0.4 is 0 Å². The fourth-order valence-corrected chi connectivity index (χ4v) is 2.23. The molecule has 88 valence electrons. The summed E-state index contributed by atoms with van der Waals surface area (Å²) in [6, 6.07) is 16.6. The molecule has 0 aliphatic heterocycles. The number of carbonyl (C=O) groups excluding carboxylic acids is 1. The zero-order chi connectivity index (χ0) is 12.4. The van der Waals surface area contributed by atoms with Gasteiger partial charge in [0.1, 0.15) is 0 Å². The van der Waals surface area contributed by atoms with Gasteiger partial charge in [-0.1, -0.05) is 42.5 Å². The van der Waals surface area contributed by atoms with Crippen LogP contribution in [0.2, 0.25) is 0 Å². The maximum Gasteiger partial charge on any atom is 0.152 e. The molecular weight excluding hydrogens is 222 g/mol. The predicted molar refractivity (Wildman–Crippen MR) is 72.9 cm³/mol. The van der Waals surface area contributed by atoms with E-state index in [1.54, 1.807) is 6.20 Å². The first-order valence-electron chi connectivity index (χ1n) is 5.96. The molecular formula is C16H13NO. The van der Waals surface area contributed by atoms with Crippen LogP contribution in [0.1, 0.15) is 21.5 Å². The SMILES string of the molecule is O=Cc1c[nH]c2cc(Cc3ccccc3)ccc12. The molecule has 3 rings (SSSR count). The summed E-state index contributed by atoms with van der Waals surface area (Å²) < 4.78 is 0. The van der Waals surface area contributed by atoms with Gasteiger partial charge in [0.15, 0.2) is 6.29 Å². The lowest BCUT2D eigenvalue weighted by Crippen LogP contribution is -1.87. The van der Waals surface area contributed by atoms with Crippen molar-refractivity contribution in [3.63, 3.8) is 0 Å². The average molecular weight is 235 g/mol. The summed E-state index contributed by atoms with van der Waals surface area (Å²) in [5.74, 6) is 0. The molecule has 1 aromatic heterocycles. The van der Waals surface area contributed by atoms with E-state index >= 15 is 0 Å². The molecule has 0 aliphatic rings. The second kappa shape index (κ2) is 4.49. The third kappa shape index (κ3) is 1.93. The molecule has 0 bridgehead atoms. The Bertz CT molecular complexity index is 683. The van der Waals surface area contributed by atoms with Gasteiger partial charge in [-0.15, -0.1) is 0 Å². The van der Waals surface area contributed by atoms with E-state index in [4.69, 9.17) is 0 Å². The van der Waals surface area contributed by atoms with Crippen LogP contribution in [0, 0.1) is 0 Å². The first-order valence-corrected chi connectivity index (χ1v) is 5.96. The van der Waals surface area contributed by atoms with E-state index in [0.717, 1.165) is 29.2 Å². The summed E-state index contributed by atoms with van der Waals surface area (Å²) in [6.07, 6.45) is 3.55. The highest BCUT2D eigenvalue weighted by Gasteiger charge is 2.03. The summed E-state index contributed by atoms with van der Waals surface area (Å²) in [7, 11) is 0. The molecule has 18 heavy (non-hydrogen) atoms. The van der Waals surface area contributed by atoms with Gasteiger partial charge in [0.05, 0.1) is 0 Å². The molecule has 0 saturated carbocycles. The van der Waals surface area contributed by atoms with Crippen LogP contribution in [-0.4, -0.2) is 11.3 Å². The van der Waals surface area contributed by atoms with Crippen molar-refractivity contribution in [3.05, 3.63) is 71.4 Å². The van der Waals surface area contributed by atoms with Crippen LogP contribution in [0.4, 0.5) is 0 Å². The number of fused-ring (bicyclic) bond motifs is 1. The smallest absolute Gasteiger partial charge is 0.152 e. The van der Waals surface area contributed by atoms with E-state index in [1.165, 1.54) is 11.1 Å². The Morgan fingerprint density at radius 1 is 1.00 bits per heavy atom. The summed E-state index contributed by atoms with van der Waals surface area (Å²) in [5.41, 5.74) is 4.27. The van der Waals surface area contributed by atoms with Gasteiger partial charge < -0.3 is 4.98 Å². The molecule has 2 heteroatoms. The van der Waals surface area contributed by atoms with Crippen molar-refractivity contribution in [1.29, 1.82) is 0 Å². The number of carbonyl (C=O) groups is 1. The minimum atomic E-state index is 0.719. The quantitative estimate of drug-likeness (QED) is 0.692. The van der Waals surface area contributed by atoms with E-state index in [0.29, 0.717) is 0 Å². The maximum atomic E-state index is 10.8. The molecule has 0 unspecified atom stereocenters. The monoisotopic (exact) mass is 235 g/mol. The highest BCUT2D eigenvalue weighted by molar-refractivity contribution is 5.97. The van der Waals surface area contributed by atoms with Gasteiger partial charge in [-0.05, 0) is 23.6 Å². The molecule has 1 N–H and O–H groups in total. The van der Waals surface area contributed by atoms with E-state index in [-0.39, 0.29) is 0 Å². The lowest BCUT2D eigenvalue weighted by molar-refractivity contribution is 0.112. The number of H-pyrrole nitrogens is 1.